The molecule has 2 aliphatic rings. The smallest absolute Gasteiger partial charge is 0.0600 e. The number of fused-ring (bicyclic) bond motifs is 3. The van der Waals surface area contributed by atoms with Crippen molar-refractivity contribution in [3.8, 4) is 0 Å². The summed E-state index contributed by atoms with van der Waals surface area (Å²) in [6, 6.07) is 0. The fourth-order valence-corrected chi connectivity index (χ4v) is 2.84. The Morgan fingerprint density at radius 1 is 1.00 bits per heavy atom. The molecule has 0 aromatic carbocycles. The molecule has 2 aliphatic heterocycles. The van der Waals surface area contributed by atoms with Crippen molar-refractivity contribution in [3.05, 3.63) is 0 Å². The van der Waals surface area contributed by atoms with E-state index in [0.717, 1.165) is 5.92 Å². The van der Waals surface area contributed by atoms with Gasteiger partial charge in [-0.3, -0.25) is 0 Å². The maximum atomic E-state index is 5.59. The van der Waals surface area contributed by atoms with Gasteiger partial charge in [-0.1, -0.05) is 0 Å². The van der Waals surface area contributed by atoms with Gasteiger partial charge >= 0.3 is 0 Å². The normalized spacial score (nSPS) is 40.8. The molecule has 0 aromatic rings. The molecule has 0 aromatic heterocycles. The lowest BCUT2D eigenvalue weighted by Crippen LogP contribution is -2.31. The van der Waals surface area contributed by atoms with Crippen molar-refractivity contribution >= 4 is 0 Å². The zero-order valence-corrected chi connectivity index (χ0v) is 8.67. The molecule has 2 fully saturated rings. The second-order valence-electron chi connectivity index (χ2n) is 4.45. The number of ether oxygens (including phenoxy) is 1. The van der Waals surface area contributed by atoms with E-state index in [1.165, 1.54) is 51.7 Å². The van der Waals surface area contributed by atoms with Crippen LogP contribution in [0.25, 0.3) is 0 Å². The van der Waals surface area contributed by atoms with E-state index in [2.05, 4.69) is 4.90 Å². The molecular weight excluding hydrogens is 162 g/mol. The average Bonchev–Trinajstić information content (AvgIpc) is 2.29. The van der Waals surface area contributed by atoms with Crippen molar-refractivity contribution in [1.29, 1.82) is 0 Å². The van der Waals surface area contributed by atoms with Crippen LogP contribution in [-0.4, -0.2) is 37.7 Å². The van der Waals surface area contributed by atoms with Crippen molar-refractivity contribution in [1.82, 2.24) is 4.90 Å². The monoisotopic (exact) mass is 183 g/mol. The molecule has 0 radical (unpaired) electrons. The van der Waals surface area contributed by atoms with Crippen LogP contribution in [0.4, 0.5) is 0 Å². The Morgan fingerprint density at radius 3 is 2.54 bits per heavy atom. The van der Waals surface area contributed by atoms with Gasteiger partial charge in [0.05, 0.1) is 6.10 Å². The minimum Gasteiger partial charge on any atom is -0.381 e. The van der Waals surface area contributed by atoms with Crippen molar-refractivity contribution in [2.75, 3.05) is 26.7 Å². The third kappa shape index (κ3) is 2.23. The average molecular weight is 183 g/mol. The van der Waals surface area contributed by atoms with Gasteiger partial charge in [0.2, 0.25) is 0 Å². The first-order chi connectivity index (χ1) is 6.40. The fourth-order valence-electron chi connectivity index (χ4n) is 2.84. The standard InChI is InChI=1S/C11H21NO/c1-13-11-5-3-8-12-7-2-4-10(11)6-9-12/h10-11H,2-9H2,1H3. The quantitative estimate of drug-likeness (QED) is 0.615. The molecule has 0 N–H and O–H groups in total. The molecule has 0 amide bonds. The van der Waals surface area contributed by atoms with E-state index >= 15 is 0 Å². The van der Waals surface area contributed by atoms with Crippen LogP contribution >= 0.6 is 0 Å². The van der Waals surface area contributed by atoms with Gasteiger partial charge < -0.3 is 9.64 Å². The number of methoxy groups -OCH3 is 1. The summed E-state index contributed by atoms with van der Waals surface area (Å²) in [5, 5.41) is 0. The molecule has 2 rings (SSSR count). The van der Waals surface area contributed by atoms with Gasteiger partial charge in [0.25, 0.3) is 0 Å². The molecule has 2 heteroatoms. The predicted molar refractivity (Wildman–Crippen MR) is 53.8 cm³/mol. The summed E-state index contributed by atoms with van der Waals surface area (Å²) in [6.45, 7) is 3.93. The zero-order valence-electron chi connectivity index (χ0n) is 8.67. The molecule has 0 spiro atoms. The Morgan fingerprint density at radius 2 is 1.77 bits per heavy atom. The number of nitrogens with zero attached hydrogens (tertiary/aromatic N) is 1. The zero-order chi connectivity index (χ0) is 9.10. The summed E-state index contributed by atoms with van der Waals surface area (Å²) in [5.74, 6) is 0.843. The van der Waals surface area contributed by atoms with Gasteiger partial charge in [0.1, 0.15) is 0 Å². The van der Waals surface area contributed by atoms with E-state index in [0.29, 0.717) is 6.10 Å². The van der Waals surface area contributed by atoms with Crippen LogP contribution in [-0.2, 0) is 4.74 Å². The lowest BCUT2D eigenvalue weighted by molar-refractivity contribution is 0.0310. The van der Waals surface area contributed by atoms with Crippen molar-refractivity contribution in [2.45, 2.75) is 38.2 Å². The third-order valence-corrected chi connectivity index (χ3v) is 3.66. The van der Waals surface area contributed by atoms with Crippen LogP contribution in [0.2, 0.25) is 0 Å². The maximum Gasteiger partial charge on any atom is 0.0600 e. The highest BCUT2D eigenvalue weighted by Crippen LogP contribution is 2.27. The van der Waals surface area contributed by atoms with Crippen molar-refractivity contribution in [2.24, 2.45) is 5.92 Å². The first-order valence-electron chi connectivity index (χ1n) is 5.65. The lowest BCUT2D eigenvalue weighted by Gasteiger charge is -2.28. The number of rotatable bonds is 1. The highest BCUT2D eigenvalue weighted by Gasteiger charge is 2.26. The molecule has 0 aliphatic carbocycles. The Balaban J connectivity index is 2.01. The minimum absolute atomic E-state index is 0.556. The van der Waals surface area contributed by atoms with Gasteiger partial charge in [-0.15, -0.1) is 0 Å². The van der Waals surface area contributed by atoms with E-state index in [4.69, 9.17) is 4.74 Å². The lowest BCUT2D eigenvalue weighted by atomic mass is 9.91. The summed E-state index contributed by atoms with van der Waals surface area (Å²) in [7, 11) is 1.88. The fraction of sp³-hybridized carbons (Fsp3) is 1.00. The van der Waals surface area contributed by atoms with Crippen LogP contribution in [0, 0.1) is 5.92 Å². The van der Waals surface area contributed by atoms with E-state index in [1.807, 2.05) is 7.11 Å². The second kappa shape index (κ2) is 4.43. The molecule has 0 saturated carbocycles. The highest BCUT2D eigenvalue weighted by molar-refractivity contribution is 4.79. The Hall–Kier alpha value is -0.0800. The Labute approximate surface area is 81.3 Å². The van der Waals surface area contributed by atoms with E-state index in [-0.39, 0.29) is 0 Å². The second-order valence-corrected chi connectivity index (χ2v) is 4.45. The SMILES string of the molecule is COC1CCCN2CCCC1CC2. The molecule has 13 heavy (non-hydrogen) atoms. The molecular formula is C11H21NO. The summed E-state index contributed by atoms with van der Waals surface area (Å²) in [5.41, 5.74) is 0. The minimum atomic E-state index is 0.556. The summed E-state index contributed by atoms with van der Waals surface area (Å²) in [4.78, 5) is 2.63. The maximum absolute atomic E-state index is 5.59. The van der Waals surface area contributed by atoms with Gasteiger partial charge in [0.15, 0.2) is 0 Å². The van der Waals surface area contributed by atoms with Gasteiger partial charge in [0, 0.05) is 7.11 Å². The molecule has 2 nitrogen and oxygen atoms in total. The van der Waals surface area contributed by atoms with E-state index in [1.54, 1.807) is 0 Å². The number of hydrogen-bond donors (Lipinski definition) is 0. The van der Waals surface area contributed by atoms with Gasteiger partial charge in [-0.05, 0) is 57.7 Å². The summed E-state index contributed by atoms with van der Waals surface area (Å²) in [6.07, 6.45) is 7.28. The Bertz CT molecular complexity index is 160. The first kappa shape index (κ1) is 9.47. The van der Waals surface area contributed by atoms with E-state index in [9.17, 15) is 0 Å². The first-order valence-corrected chi connectivity index (χ1v) is 5.65. The topological polar surface area (TPSA) is 12.5 Å². The van der Waals surface area contributed by atoms with Crippen molar-refractivity contribution in [3.63, 3.8) is 0 Å². The largest absolute Gasteiger partial charge is 0.381 e. The highest BCUT2D eigenvalue weighted by atomic mass is 16.5. The van der Waals surface area contributed by atoms with Crippen LogP contribution in [0.15, 0.2) is 0 Å². The van der Waals surface area contributed by atoms with E-state index < -0.39 is 0 Å². The van der Waals surface area contributed by atoms with Crippen LogP contribution in [0.5, 0.6) is 0 Å². The van der Waals surface area contributed by atoms with Crippen LogP contribution in [0.1, 0.15) is 32.1 Å². The van der Waals surface area contributed by atoms with Gasteiger partial charge in [-0.2, -0.15) is 0 Å². The van der Waals surface area contributed by atoms with Crippen LogP contribution in [0.3, 0.4) is 0 Å². The van der Waals surface area contributed by atoms with Crippen LogP contribution < -0.4 is 0 Å². The number of hydrogen-bond acceptors (Lipinski definition) is 2. The van der Waals surface area contributed by atoms with Gasteiger partial charge in [-0.25, -0.2) is 0 Å². The molecule has 3 atom stereocenters. The third-order valence-electron chi connectivity index (χ3n) is 3.66. The summed E-state index contributed by atoms with van der Waals surface area (Å²) < 4.78 is 5.59. The molecule has 3 unspecified atom stereocenters. The predicted octanol–water partition coefficient (Wildman–Crippen LogP) is 1.90. The molecule has 2 heterocycles. The molecule has 76 valence electrons. The molecule has 2 saturated heterocycles. The van der Waals surface area contributed by atoms with Crippen molar-refractivity contribution < 1.29 is 4.74 Å². The Kier molecular flexibility index (Phi) is 3.23. The summed E-state index contributed by atoms with van der Waals surface area (Å²) >= 11 is 0. The molecule has 2 bridgehead atoms.